The van der Waals surface area contributed by atoms with Crippen molar-refractivity contribution in [2.75, 3.05) is 6.61 Å². The molecule has 0 aliphatic rings. The van der Waals surface area contributed by atoms with Crippen molar-refractivity contribution in [2.24, 2.45) is 0 Å². The number of amides is 2. The van der Waals surface area contributed by atoms with Crippen LogP contribution in [-0.2, 0) is 21.5 Å². The Morgan fingerprint density at radius 1 is 1.03 bits per heavy atom. The molecule has 0 aliphatic heterocycles. The molecule has 0 fully saturated rings. The Morgan fingerprint density at radius 2 is 1.62 bits per heavy atom. The molecule has 32 heavy (non-hydrogen) atoms. The number of halogens is 1. The van der Waals surface area contributed by atoms with E-state index in [9.17, 15) is 9.59 Å². The fourth-order valence-corrected chi connectivity index (χ4v) is 3.24. The average Bonchev–Trinajstić information content (AvgIpc) is 2.76. The van der Waals surface area contributed by atoms with E-state index in [1.165, 1.54) is 5.56 Å². The summed E-state index contributed by atoms with van der Waals surface area (Å²) in [6.07, 6.45) is 0.817. The molecule has 0 heterocycles. The number of ether oxygens (including phenoxy) is 1. The molecule has 2 aromatic rings. The summed E-state index contributed by atoms with van der Waals surface area (Å²) in [5.41, 5.74) is 2.12. The van der Waals surface area contributed by atoms with Gasteiger partial charge in [0.25, 0.3) is 5.91 Å². The lowest BCUT2D eigenvalue weighted by atomic mass is 9.87. The van der Waals surface area contributed by atoms with E-state index in [1.54, 1.807) is 24.0 Å². The van der Waals surface area contributed by atoms with E-state index in [2.05, 4.69) is 26.1 Å². The average molecular weight is 459 g/mol. The zero-order valence-corrected chi connectivity index (χ0v) is 20.7. The van der Waals surface area contributed by atoms with Crippen LogP contribution in [0.1, 0.15) is 59.1 Å². The summed E-state index contributed by atoms with van der Waals surface area (Å²) < 4.78 is 5.76. The van der Waals surface area contributed by atoms with Gasteiger partial charge in [-0.3, -0.25) is 9.59 Å². The first kappa shape index (κ1) is 25.7. The highest BCUT2D eigenvalue weighted by molar-refractivity contribution is 6.30. The van der Waals surface area contributed by atoms with Crippen molar-refractivity contribution in [1.82, 2.24) is 10.2 Å². The molecule has 2 atom stereocenters. The molecule has 1 N–H and O–H groups in total. The highest BCUT2D eigenvalue weighted by Gasteiger charge is 2.27. The lowest BCUT2D eigenvalue weighted by Crippen LogP contribution is -2.50. The lowest BCUT2D eigenvalue weighted by molar-refractivity contribution is -0.142. The Hall–Kier alpha value is -2.53. The maximum atomic E-state index is 13.1. The molecule has 2 unspecified atom stereocenters. The summed E-state index contributed by atoms with van der Waals surface area (Å²) in [7, 11) is 0. The summed E-state index contributed by atoms with van der Waals surface area (Å²) in [4.78, 5) is 27.4. The van der Waals surface area contributed by atoms with Gasteiger partial charge in [-0.05, 0) is 61.1 Å². The zero-order valence-electron chi connectivity index (χ0n) is 19.9. The number of carbonyl (C=O) groups excluding carboxylic acids is 2. The normalized spacial score (nSPS) is 13.2. The molecule has 0 bridgehead atoms. The molecule has 0 aliphatic carbocycles. The first-order valence-corrected chi connectivity index (χ1v) is 11.5. The molecular formula is C26H35ClN2O3. The molecule has 174 valence electrons. The van der Waals surface area contributed by atoms with Crippen molar-refractivity contribution >= 4 is 23.4 Å². The van der Waals surface area contributed by atoms with Gasteiger partial charge in [0.15, 0.2) is 6.61 Å². The maximum absolute atomic E-state index is 13.1. The summed E-state index contributed by atoms with van der Waals surface area (Å²) in [5, 5.41) is 3.58. The quantitative estimate of drug-likeness (QED) is 0.551. The Bertz CT molecular complexity index is 889. The predicted molar refractivity (Wildman–Crippen MR) is 130 cm³/mol. The number of rotatable bonds is 9. The molecule has 2 amide bonds. The first-order chi connectivity index (χ1) is 15.0. The van der Waals surface area contributed by atoms with E-state index in [4.69, 9.17) is 16.3 Å². The summed E-state index contributed by atoms with van der Waals surface area (Å²) >= 11 is 5.99. The second-order valence-electron chi connectivity index (χ2n) is 9.21. The van der Waals surface area contributed by atoms with Crippen LogP contribution in [0.25, 0.3) is 0 Å². The number of carbonyl (C=O) groups is 2. The summed E-state index contributed by atoms with van der Waals surface area (Å²) in [6.45, 7) is 12.3. The van der Waals surface area contributed by atoms with Crippen molar-refractivity contribution in [3.63, 3.8) is 0 Å². The van der Waals surface area contributed by atoms with Crippen LogP contribution in [0.2, 0.25) is 5.02 Å². The highest BCUT2D eigenvalue weighted by atomic mass is 35.5. The lowest BCUT2D eigenvalue weighted by Gasteiger charge is -2.29. The highest BCUT2D eigenvalue weighted by Crippen LogP contribution is 2.24. The smallest absolute Gasteiger partial charge is 0.261 e. The van der Waals surface area contributed by atoms with Gasteiger partial charge in [-0.15, -0.1) is 0 Å². The van der Waals surface area contributed by atoms with Gasteiger partial charge in [0.1, 0.15) is 11.8 Å². The number of nitrogens with one attached hydrogen (secondary N) is 1. The van der Waals surface area contributed by atoms with Crippen LogP contribution in [0.5, 0.6) is 5.75 Å². The summed E-state index contributed by atoms with van der Waals surface area (Å²) in [6, 6.07) is 14.4. The number of hydrogen-bond acceptors (Lipinski definition) is 3. The fourth-order valence-electron chi connectivity index (χ4n) is 3.11. The summed E-state index contributed by atoms with van der Waals surface area (Å²) in [5.74, 6) is 0.178. The van der Waals surface area contributed by atoms with Crippen molar-refractivity contribution < 1.29 is 14.3 Å². The Morgan fingerprint density at radius 3 is 2.16 bits per heavy atom. The van der Waals surface area contributed by atoms with Crippen LogP contribution < -0.4 is 10.1 Å². The van der Waals surface area contributed by atoms with Crippen LogP contribution in [0.15, 0.2) is 48.5 Å². The second kappa shape index (κ2) is 11.4. The van der Waals surface area contributed by atoms with Gasteiger partial charge in [-0.1, -0.05) is 63.6 Å². The Labute approximate surface area is 197 Å². The maximum Gasteiger partial charge on any atom is 0.261 e. The molecule has 5 nitrogen and oxygen atoms in total. The van der Waals surface area contributed by atoms with Crippen molar-refractivity contribution in [3.8, 4) is 5.75 Å². The molecule has 0 saturated heterocycles. The standard InChI is InChI=1S/C26H35ClN2O3/c1-7-18(2)28-25(31)19(3)29(16-20-8-12-22(27)13-9-20)24(30)17-32-23-14-10-21(11-15-23)26(4,5)6/h8-15,18-19H,7,16-17H2,1-6H3,(H,28,31). The molecule has 0 aromatic heterocycles. The van der Waals surface area contributed by atoms with Crippen LogP contribution in [0.3, 0.4) is 0 Å². The Balaban J connectivity index is 2.13. The molecule has 0 saturated carbocycles. The third-order valence-corrected chi connectivity index (χ3v) is 5.77. The van der Waals surface area contributed by atoms with Crippen LogP contribution in [0, 0.1) is 0 Å². The van der Waals surface area contributed by atoms with E-state index in [1.807, 2.05) is 50.2 Å². The van der Waals surface area contributed by atoms with E-state index < -0.39 is 6.04 Å². The van der Waals surface area contributed by atoms with Gasteiger partial charge in [0.2, 0.25) is 5.91 Å². The zero-order chi connectivity index (χ0) is 23.9. The minimum absolute atomic E-state index is 0.0371. The first-order valence-electron chi connectivity index (χ1n) is 11.1. The van der Waals surface area contributed by atoms with Crippen molar-refractivity contribution in [1.29, 1.82) is 0 Å². The Kier molecular flexibility index (Phi) is 9.14. The molecular weight excluding hydrogens is 424 g/mol. The van der Waals surface area contributed by atoms with Gasteiger partial charge in [0, 0.05) is 17.6 Å². The van der Waals surface area contributed by atoms with Gasteiger partial charge in [-0.2, -0.15) is 0 Å². The van der Waals surface area contributed by atoms with Crippen LogP contribution in [-0.4, -0.2) is 35.4 Å². The topological polar surface area (TPSA) is 58.6 Å². The second-order valence-corrected chi connectivity index (χ2v) is 9.64. The molecule has 0 spiro atoms. The number of hydrogen-bond donors (Lipinski definition) is 1. The van der Waals surface area contributed by atoms with Gasteiger partial charge < -0.3 is 15.0 Å². The van der Waals surface area contributed by atoms with E-state index in [-0.39, 0.29) is 36.4 Å². The van der Waals surface area contributed by atoms with Crippen LogP contribution >= 0.6 is 11.6 Å². The van der Waals surface area contributed by atoms with Gasteiger partial charge in [-0.25, -0.2) is 0 Å². The SMILES string of the molecule is CCC(C)NC(=O)C(C)N(Cc1ccc(Cl)cc1)C(=O)COc1ccc(C(C)(C)C)cc1. The van der Waals surface area contributed by atoms with E-state index in [0.717, 1.165) is 12.0 Å². The molecule has 2 rings (SSSR count). The number of benzene rings is 2. The predicted octanol–water partition coefficient (Wildman–Crippen LogP) is 5.35. The van der Waals surface area contributed by atoms with Crippen LogP contribution in [0.4, 0.5) is 0 Å². The third-order valence-electron chi connectivity index (χ3n) is 5.52. The fraction of sp³-hybridized carbons (Fsp3) is 0.462. The van der Waals surface area contributed by atoms with E-state index >= 15 is 0 Å². The monoisotopic (exact) mass is 458 g/mol. The van der Waals surface area contributed by atoms with Gasteiger partial charge in [0.05, 0.1) is 0 Å². The minimum atomic E-state index is -0.640. The molecule has 6 heteroatoms. The van der Waals surface area contributed by atoms with Crippen molar-refractivity contribution in [3.05, 3.63) is 64.7 Å². The third kappa shape index (κ3) is 7.56. The number of nitrogens with zero attached hydrogens (tertiary/aromatic N) is 1. The van der Waals surface area contributed by atoms with Crippen molar-refractivity contribution in [2.45, 2.75) is 72.0 Å². The molecule has 2 aromatic carbocycles. The minimum Gasteiger partial charge on any atom is -0.484 e. The van der Waals surface area contributed by atoms with Gasteiger partial charge >= 0.3 is 0 Å². The molecule has 0 radical (unpaired) electrons. The van der Waals surface area contributed by atoms with E-state index in [0.29, 0.717) is 10.8 Å². The largest absolute Gasteiger partial charge is 0.484 e.